The molecule has 1 saturated heterocycles. The van der Waals surface area contributed by atoms with Crippen LogP contribution < -0.4 is 11.1 Å². The molecular formula is C12H23N3OS. The van der Waals surface area contributed by atoms with Crippen LogP contribution >= 0.6 is 12.2 Å². The second-order valence-electron chi connectivity index (χ2n) is 4.88. The average molecular weight is 257 g/mol. The quantitative estimate of drug-likeness (QED) is 0.714. The number of carbonyl (C=O) groups excluding carboxylic acids is 1. The molecule has 0 radical (unpaired) electrons. The van der Waals surface area contributed by atoms with Crippen molar-refractivity contribution in [3.05, 3.63) is 0 Å². The van der Waals surface area contributed by atoms with Crippen LogP contribution in [0.15, 0.2) is 0 Å². The lowest BCUT2D eigenvalue weighted by Gasteiger charge is -2.30. The third kappa shape index (κ3) is 4.60. The van der Waals surface area contributed by atoms with Crippen LogP contribution in [0.5, 0.6) is 0 Å². The number of thiocarbonyl (C=S) groups is 1. The summed E-state index contributed by atoms with van der Waals surface area (Å²) in [7, 11) is 2.12. The number of nitrogens with two attached hydrogens (primary N) is 1. The molecule has 0 aromatic rings. The van der Waals surface area contributed by atoms with Crippen molar-refractivity contribution in [1.29, 1.82) is 0 Å². The third-order valence-electron chi connectivity index (χ3n) is 3.36. The molecule has 17 heavy (non-hydrogen) atoms. The molecule has 1 heterocycles. The van der Waals surface area contributed by atoms with E-state index in [1.54, 1.807) is 0 Å². The van der Waals surface area contributed by atoms with Crippen LogP contribution in [-0.4, -0.2) is 42.5 Å². The molecule has 0 aliphatic carbocycles. The number of hydrogen-bond acceptors (Lipinski definition) is 3. The molecule has 0 aromatic heterocycles. The smallest absolute Gasteiger partial charge is 0.229 e. The molecule has 2 unspecified atom stereocenters. The van der Waals surface area contributed by atoms with Gasteiger partial charge in [-0.1, -0.05) is 19.1 Å². The minimum atomic E-state index is -0.314. The number of nitrogens with zero attached hydrogens (tertiary/aromatic N) is 1. The summed E-state index contributed by atoms with van der Waals surface area (Å²) >= 11 is 4.89. The van der Waals surface area contributed by atoms with Gasteiger partial charge >= 0.3 is 0 Å². The van der Waals surface area contributed by atoms with Crippen molar-refractivity contribution < 1.29 is 4.79 Å². The highest BCUT2D eigenvalue weighted by atomic mass is 32.1. The maximum atomic E-state index is 11.8. The zero-order valence-corrected chi connectivity index (χ0v) is 11.6. The van der Waals surface area contributed by atoms with Crippen LogP contribution in [0.3, 0.4) is 0 Å². The molecule has 1 rings (SSSR count). The first kappa shape index (κ1) is 14.4. The van der Waals surface area contributed by atoms with Gasteiger partial charge in [0.05, 0.1) is 10.9 Å². The fourth-order valence-electron chi connectivity index (χ4n) is 2.32. The molecule has 5 heteroatoms. The van der Waals surface area contributed by atoms with Gasteiger partial charge in [0, 0.05) is 13.1 Å². The minimum Gasteiger partial charge on any atom is -0.393 e. The normalized spacial score (nSPS) is 23.1. The van der Waals surface area contributed by atoms with Gasteiger partial charge < -0.3 is 16.0 Å². The van der Waals surface area contributed by atoms with E-state index in [1.807, 2.05) is 6.92 Å². The van der Waals surface area contributed by atoms with Gasteiger partial charge in [0.15, 0.2) is 0 Å². The van der Waals surface area contributed by atoms with Crippen molar-refractivity contribution in [3.8, 4) is 0 Å². The number of nitrogens with one attached hydrogen (secondary N) is 1. The van der Waals surface area contributed by atoms with E-state index in [9.17, 15) is 4.79 Å². The van der Waals surface area contributed by atoms with Crippen molar-refractivity contribution in [1.82, 2.24) is 10.2 Å². The molecule has 1 aliphatic rings. The van der Waals surface area contributed by atoms with Gasteiger partial charge in [-0.05, 0) is 38.8 Å². The van der Waals surface area contributed by atoms with E-state index in [2.05, 4.69) is 17.3 Å². The van der Waals surface area contributed by atoms with Crippen LogP contribution in [0.25, 0.3) is 0 Å². The minimum absolute atomic E-state index is 0.0202. The molecule has 0 spiro atoms. The maximum Gasteiger partial charge on any atom is 0.229 e. The Hall–Kier alpha value is -0.680. The van der Waals surface area contributed by atoms with Gasteiger partial charge in [0.2, 0.25) is 5.91 Å². The zero-order chi connectivity index (χ0) is 12.8. The molecule has 0 bridgehead atoms. The predicted molar refractivity (Wildman–Crippen MR) is 73.8 cm³/mol. The summed E-state index contributed by atoms with van der Waals surface area (Å²) in [6.45, 7) is 4.89. The summed E-state index contributed by atoms with van der Waals surface area (Å²) in [4.78, 5) is 14.5. The molecule has 4 nitrogen and oxygen atoms in total. The van der Waals surface area contributed by atoms with Crippen molar-refractivity contribution in [2.45, 2.75) is 26.2 Å². The van der Waals surface area contributed by atoms with Crippen molar-refractivity contribution in [2.75, 3.05) is 26.7 Å². The van der Waals surface area contributed by atoms with Crippen LogP contribution in [0, 0.1) is 11.8 Å². The topological polar surface area (TPSA) is 58.4 Å². The SMILES string of the molecule is CCC(C(=O)NCC1CCCN(C)C1)C(N)=S. The molecule has 0 saturated carbocycles. The molecule has 1 aliphatic heterocycles. The first-order valence-electron chi connectivity index (χ1n) is 6.30. The summed E-state index contributed by atoms with van der Waals surface area (Å²) in [5, 5.41) is 2.97. The van der Waals surface area contributed by atoms with Gasteiger partial charge in [0.1, 0.15) is 0 Å². The third-order valence-corrected chi connectivity index (χ3v) is 3.64. The molecule has 98 valence electrons. The van der Waals surface area contributed by atoms with Gasteiger partial charge in [-0.2, -0.15) is 0 Å². The van der Waals surface area contributed by atoms with Crippen molar-refractivity contribution >= 4 is 23.1 Å². The molecule has 3 N–H and O–H groups in total. The summed E-state index contributed by atoms with van der Waals surface area (Å²) < 4.78 is 0. The summed E-state index contributed by atoms with van der Waals surface area (Å²) in [5.74, 6) is 0.223. The Morgan fingerprint density at radius 3 is 2.88 bits per heavy atom. The second kappa shape index (κ2) is 6.91. The summed E-state index contributed by atoms with van der Waals surface area (Å²) in [5.41, 5.74) is 5.54. The lowest BCUT2D eigenvalue weighted by Crippen LogP contribution is -2.43. The number of hydrogen-bond donors (Lipinski definition) is 2. The molecule has 1 fully saturated rings. The summed E-state index contributed by atoms with van der Waals surface area (Å²) in [6, 6.07) is 0. The van der Waals surface area contributed by atoms with E-state index in [0.29, 0.717) is 17.3 Å². The number of rotatable bonds is 5. The van der Waals surface area contributed by atoms with E-state index < -0.39 is 0 Å². The van der Waals surface area contributed by atoms with E-state index in [0.717, 1.165) is 19.6 Å². The lowest BCUT2D eigenvalue weighted by atomic mass is 9.98. The number of amides is 1. The van der Waals surface area contributed by atoms with Gasteiger partial charge in [-0.25, -0.2) is 0 Å². The Bertz CT molecular complexity index is 283. The van der Waals surface area contributed by atoms with E-state index in [1.165, 1.54) is 12.8 Å². The molecule has 0 aromatic carbocycles. The largest absolute Gasteiger partial charge is 0.393 e. The zero-order valence-electron chi connectivity index (χ0n) is 10.7. The average Bonchev–Trinajstić information content (AvgIpc) is 2.27. The molecular weight excluding hydrogens is 234 g/mol. The number of carbonyl (C=O) groups is 1. The first-order chi connectivity index (χ1) is 8.04. The van der Waals surface area contributed by atoms with E-state index >= 15 is 0 Å². The molecule has 2 atom stereocenters. The number of piperidine rings is 1. The Labute approximate surface area is 109 Å². The van der Waals surface area contributed by atoms with Crippen molar-refractivity contribution in [3.63, 3.8) is 0 Å². The van der Waals surface area contributed by atoms with Crippen LogP contribution in [0.4, 0.5) is 0 Å². The Morgan fingerprint density at radius 1 is 1.65 bits per heavy atom. The number of likely N-dealkylation sites (tertiary alicyclic amines) is 1. The monoisotopic (exact) mass is 257 g/mol. The van der Waals surface area contributed by atoms with Gasteiger partial charge in [-0.3, -0.25) is 4.79 Å². The molecule has 1 amide bonds. The Morgan fingerprint density at radius 2 is 2.35 bits per heavy atom. The van der Waals surface area contributed by atoms with Crippen LogP contribution in [-0.2, 0) is 4.79 Å². The lowest BCUT2D eigenvalue weighted by molar-refractivity contribution is -0.123. The first-order valence-corrected chi connectivity index (χ1v) is 6.71. The maximum absolute atomic E-state index is 11.8. The fraction of sp³-hybridized carbons (Fsp3) is 0.833. The van der Waals surface area contributed by atoms with Gasteiger partial charge in [0.25, 0.3) is 0 Å². The Balaban J connectivity index is 2.34. The highest BCUT2D eigenvalue weighted by molar-refractivity contribution is 7.80. The summed E-state index contributed by atoms with van der Waals surface area (Å²) in [6.07, 6.45) is 3.07. The predicted octanol–water partition coefficient (Wildman–Crippen LogP) is 0.757. The highest BCUT2D eigenvalue weighted by Gasteiger charge is 2.22. The van der Waals surface area contributed by atoms with Crippen LogP contribution in [0.2, 0.25) is 0 Å². The van der Waals surface area contributed by atoms with E-state index in [-0.39, 0.29) is 11.8 Å². The standard InChI is InChI=1S/C12H23N3OS/c1-3-10(11(13)17)12(16)14-7-9-5-4-6-15(2)8-9/h9-10H,3-8H2,1-2H3,(H2,13,17)(H,14,16). The Kier molecular flexibility index (Phi) is 5.85. The van der Waals surface area contributed by atoms with Crippen molar-refractivity contribution in [2.24, 2.45) is 17.6 Å². The second-order valence-corrected chi connectivity index (χ2v) is 5.35. The van der Waals surface area contributed by atoms with Crippen LogP contribution in [0.1, 0.15) is 26.2 Å². The highest BCUT2D eigenvalue weighted by Crippen LogP contribution is 2.14. The van der Waals surface area contributed by atoms with E-state index in [4.69, 9.17) is 18.0 Å². The fourth-order valence-corrected chi connectivity index (χ4v) is 2.60. The van der Waals surface area contributed by atoms with Gasteiger partial charge in [-0.15, -0.1) is 0 Å².